The van der Waals surface area contributed by atoms with Crippen molar-refractivity contribution in [3.8, 4) is 5.75 Å². The Morgan fingerprint density at radius 2 is 2.12 bits per heavy atom. The van der Waals surface area contributed by atoms with Crippen LogP contribution in [0.3, 0.4) is 0 Å². The van der Waals surface area contributed by atoms with Gasteiger partial charge in [0.05, 0.1) is 0 Å². The van der Waals surface area contributed by atoms with E-state index in [-0.39, 0.29) is 5.54 Å². The van der Waals surface area contributed by atoms with Crippen molar-refractivity contribution < 1.29 is 5.11 Å². The molecule has 1 aromatic rings. The molecule has 1 saturated heterocycles. The molecule has 0 aliphatic carbocycles. The predicted octanol–water partition coefficient (Wildman–Crippen LogP) is 2.86. The molecule has 0 aromatic heterocycles. The van der Waals surface area contributed by atoms with Crippen molar-refractivity contribution in [3.63, 3.8) is 0 Å². The molecule has 16 heavy (non-hydrogen) atoms. The molecule has 1 atom stereocenters. The second kappa shape index (κ2) is 4.88. The topological polar surface area (TPSA) is 32.3 Å². The van der Waals surface area contributed by atoms with Gasteiger partial charge >= 0.3 is 0 Å². The minimum atomic E-state index is 0.205. The molecule has 1 heterocycles. The van der Waals surface area contributed by atoms with Gasteiger partial charge in [0.1, 0.15) is 5.75 Å². The third-order valence-electron chi connectivity index (χ3n) is 3.78. The normalized spacial score (nSPS) is 25.6. The van der Waals surface area contributed by atoms with Crippen LogP contribution in [0.1, 0.15) is 38.2 Å². The fourth-order valence-electron chi connectivity index (χ4n) is 2.63. The number of phenols is 1. The van der Waals surface area contributed by atoms with Crippen LogP contribution in [0.15, 0.2) is 24.3 Å². The van der Waals surface area contributed by atoms with E-state index in [4.69, 9.17) is 0 Å². The van der Waals surface area contributed by atoms with Crippen molar-refractivity contribution in [2.24, 2.45) is 0 Å². The molecule has 2 rings (SSSR count). The number of phenolic OH excluding ortho intramolecular Hbond substituents is 1. The van der Waals surface area contributed by atoms with E-state index in [2.05, 4.69) is 12.2 Å². The zero-order valence-corrected chi connectivity index (χ0v) is 10.00. The summed E-state index contributed by atoms with van der Waals surface area (Å²) in [5.41, 5.74) is 1.27. The SMILES string of the molecule is CCC1(Cc2ccccc2O)CCCCN1. The lowest BCUT2D eigenvalue weighted by Crippen LogP contribution is -2.49. The van der Waals surface area contributed by atoms with E-state index >= 15 is 0 Å². The second-order valence-corrected chi connectivity index (χ2v) is 4.82. The average Bonchev–Trinajstić information content (AvgIpc) is 2.33. The Kier molecular flexibility index (Phi) is 3.49. The molecule has 1 fully saturated rings. The van der Waals surface area contributed by atoms with Gasteiger partial charge in [0.25, 0.3) is 0 Å². The van der Waals surface area contributed by atoms with E-state index in [0.29, 0.717) is 5.75 Å². The number of benzene rings is 1. The highest BCUT2D eigenvalue weighted by Gasteiger charge is 2.30. The fraction of sp³-hybridized carbons (Fsp3) is 0.571. The molecule has 0 spiro atoms. The largest absolute Gasteiger partial charge is 0.508 e. The molecule has 88 valence electrons. The van der Waals surface area contributed by atoms with Crippen molar-refractivity contribution >= 4 is 0 Å². The predicted molar refractivity (Wildman–Crippen MR) is 66.7 cm³/mol. The zero-order chi connectivity index (χ0) is 11.4. The van der Waals surface area contributed by atoms with Gasteiger partial charge in [0, 0.05) is 5.54 Å². The molecule has 0 saturated carbocycles. The molecule has 1 unspecified atom stereocenters. The molecule has 0 bridgehead atoms. The minimum Gasteiger partial charge on any atom is -0.508 e. The first-order valence-corrected chi connectivity index (χ1v) is 6.28. The lowest BCUT2D eigenvalue weighted by atomic mass is 9.81. The Morgan fingerprint density at radius 1 is 1.31 bits per heavy atom. The van der Waals surface area contributed by atoms with Crippen molar-refractivity contribution in [2.45, 2.75) is 44.6 Å². The number of piperidine rings is 1. The van der Waals surface area contributed by atoms with Crippen LogP contribution in [0.4, 0.5) is 0 Å². The summed E-state index contributed by atoms with van der Waals surface area (Å²) in [5, 5.41) is 13.5. The maximum absolute atomic E-state index is 9.82. The zero-order valence-electron chi connectivity index (χ0n) is 10.00. The van der Waals surface area contributed by atoms with Gasteiger partial charge in [-0.2, -0.15) is 0 Å². The van der Waals surface area contributed by atoms with Crippen molar-refractivity contribution in [2.75, 3.05) is 6.54 Å². The molecular formula is C14H21NO. The van der Waals surface area contributed by atoms with Crippen molar-refractivity contribution in [1.82, 2.24) is 5.32 Å². The van der Waals surface area contributed by atoms with Gasteiger partial charge in [0.15, 0.2) is 0 Å². The molecule has 1 aliphatic rings. The highest BCUT2D eigenvalue weighted by molar-refractivity contribution is 5.33. The summed E-state index contributed by atoms with van der Waals surface area (Å²) in [6.45, 7) is 3.35. The number of aromatic hydroxyl groups is 1. The Hall–Kier alpha value is -1.02. The Balaban J connectivity index is 2.15. The monoisotopic (exact) mass is 219 g/mol. The number of rotatable bonds is 3. The summed E-state index contributed by atoms with van der Waals surface area (Å²) in [4.78, 5) is 0. The van der Waals surface area contributed by atoms with Gasteiger partial charge in [-0.05, 0) is 43.9 Å². The van der Waals surface area contributed by atoms with Gasteiger partial charge < -0.3 is 10.4 Å². The lowest BCUT2D eigenvalue weighted by molar-refractivity contribution is 0.241. The minimum absolute atomic E-state index is 0.205. The van der Waals surface area contributed by atoms with Gasteiger partial charge in [0.2, 0.25) is 0 Å². The summed E-state index contributed by atoms with van der Waals surface area (Å²) < 4.78 is 0. The maximum Gasteiger partial charge on any atom is 0.118 e. The van der Waals surface area contributed by atoms with Crippen LogP contribution in [0.2, 0.25) is 0 Å². The highest BCUT2D eigenvalue weighted by Crippen LogP contribution is 2.29. The lowest BCUT2D eigenvalue weighted by Gasteiger charge is -2.38. The summed E-state index contributed by atoms with van der Waals surface area (Å²) >= 11 is 0. The Bertz CT molecular complexity index is 342. The average molecular weight is 219 g/mol. The molecule has 0 amide bonds. The van der Waals surface area contributed by atoms with E-state index in [9.17, 15) is 5.11 Å². The smallest absolute Gasteiger partial charge is 0.118 e. The Morgan fingerprint density at radius 3 is 2.75 bits per heavy atom. The fourth-order valence-corrected chi connectivity index (χ4v) is 2.63. The Labute approximate surface area is 97.7 Å². The second-order valence-electron chi connectivity index (χ2n) is 4.82. The summed E-state index contributed by atoms with van der Waals surface area (Å²) in [7, 11) is 0. The number of para-hydroxylation sites is 1. The molecule has 2 N–H and O–H groups in total. The van der Waals surface area contributed by atoms with Crippen LogP contribution < -0.4 is 5.32 Å². The van der Waals surface area contributed by atoms with Crippen LogP contribution in [0, 0.1) is 0 Å². The third kappa shape index (κ3) is 2.38. The molecule has 1 aliphatic heterocycles. The van der Waals surface area contributed by atoms with Gasteiger partial charge in [-0.15, -0.1) is 0 Å². The molecule has 0 radical (unpaired) electrons. The van der Waals surface area contributed by atoms with E-state index in [1.54, 1.807) is 6.07 Å². The van der Waals surface area contributed by atoms with Gasteiger partial charge in [-0.25, -0.2) is 0 Å². The molecule has 2 nitrogen and oxygen atoms in total. The summed E-state index contributed by atoms with van der Waals surface area (Å²) in [6.07, 6.45) is 5.87. The van der Waals surface area contributed by atoms with Gasteiger partial charge in [-0.1, -0.05) is 31.5 Å². The molecular weight excluding hydrogens is 198 g/mol. The van der Waals surface area contributed by atoms with Crippen LogP contribution in [0.25, 0.3) is 0 Å². The van der Waals surface area contributed by atoms with Crippen molar-refractivity contribution in [1.29, 1.82) is 0 Å². The molecule has 1 aromatic carbocycles. The van der Waals surface area contributed by atoms with Crippen molar-refractivity contribution in [3.05, 3.63) is 29.8 Å². The van der Waals surface area contributed by atoms with E-state index < -0.39 is 0 Å². The van der Waals surface area contributed by atoms with Crippen LogP contribution in [0.5, 0.6) is 5.75 Å². The number of hydrogen-bond acceptors (Lipinski definition) is 2. The highest BCUT2D eigenvalue weighted by atomic mass is 16.3. The van der Waals surface area contributed by atoms with Gasteiger partial charge in [-0.3, -0.25) is 0 Å². The van der Waals surface area contributed by atoms with Crippen LogP contribution in [-0.4, -0.2) is 17.2 Å². The summed E-state index contributed by atoms with van der Waals surface area (Å²) in [6, 6.07) is 7.69. The quantitative estimate of drug-likeness (QED) is 0.819. The first-order valence-electron chi connectivity index (χ1n) is 6.28. The molecule has 2 heteroatoms. The van der Waals surface area contributed by atoms with Crippen LogP contribution >= 0.6 is 0 Å². The van der Waals surface area contributed by atoms with E-state index in [0.717, 1.165) is 24.9 Å². The number of hydrogen-bond donors (Lipinski definition) is 2. The van der Waals surface area contributed by atoms with Crippen LogP contribution in [-0.2, 0) is 6.42 Å². The number of nitrogens with one attached hydrogen (secondary N) is 1. The first-order chi connectivity index (χ1) is 7.76. The third-order valence-corrected chi connectivity index (χ3v) is 3.78. The first kappa shape index (κ1) is 11.5. The standard InChI is InChI=1S/C14H21NO/c1-2-14(9-5-6-10-15-14)11-12-7-3-4-8-13(12)16/h3-4,7-8,15-16H,2,5-6,9-11H2,1H3. The van der Waals surface area contributed by atoms with E-state index in [1.165, 1.54) is 19.3 Å². The van der Waals surface area contributed by atoms with E-state index in [1.807, 2.05) is 18.2 Å². The maximum atomic E-state index is 9.82. The summed E-state index contributed by atoms with van der Waals surface area (Å²) in [5.74, 6) is 0.433.